The molecule has 0 aliphatic heterocycles. The average Bonchev–Trinajstić information content (AvgIpc) is 2.84. The van der Waals surface area contributed by atoms with E-state index in [1.165, 1.54) is 17.1 Å². The van der Waals surface area contributed by atoms with E-state index in [-0.39, 0.29) is 0 Å². The molecule has 5 nitrogen and oxygen atoms in total. The van der Waals surface area contributed by atoms with E-state index in [0.717, 1.165) is 5.56 Å². The fourth-order valence-electron chi connectivity index (χ4n) is 1.25. The second-order valence-electron chi connectivity index (χ2n) is 3.19. The number of imidazole rings is 1. The summed E-state index contributed by atoms with van der Waals surface area (Å²) < 4.78 is 6.35. The van der Waals surface area contributed by atoms with Gasteiger partial charge in [0.05, 0.1) is 6.61 Å². The Hall–Kier alpha value is -2.17. The first-order chi connectivity index (χ1) is 7.86. The molecular weight excluding hydrogens is 206 g/mol. The van der Waals surface area contributed by atoms with E-state index in [0.29, 0.717) is 13.0 Å². The maximum atomic E-state index is 11.4. The summed E-state index contributed by atoms with van der Waals surface area (Å²) in [6.45, 7) is 0.348. The van der Waals surface area contributed by atoms with Crippen molar-refractivity contribution in [3.8, 4) is 0 Å². The predicted octanol–water partition coefficient (Wildman–Crippen LogP) is 1.51. The monoisotopic (exact) mass is 217 g/mol. The lowest BCUT2D eigenvalue weighted by Gasteiger charge is -2.04. The zero-order valence-electron chi connectivity index (χ0n) is 8.61. The molecule has 0 aromatic carbocycles. The van der Waals surface area contributed by atoms with Crippen LogP contribution in [0.1, 0.15) is 5.56 Å². The van der Waals surface area contributed by atoms with Gasteiger partial charge in [-0.1, -0.05) is 0 Å². The second kappa shape index (κ2) is 5.06. The number of ether oxygens (including phenoxy) is 1. The third kappa shape index (κ3) is 2.66. The Morgan fingerprint density at radius 3 is 2.75 bits per heavy atom. The van der Waals surface area contributed by atoms with Crippen LogP contribution in [-0.4, -0.2) is 27.2 Å². The zero-order chi connectivity index (χ0) is 11.2. The highest BCUT2D eigenvalue weighted by molar-refractivity contribution is 5.69. The lowest BCUT2D eigenvalue weighted by molar-refractivity contribution is 0.149. The maximum absolute atomic E-state index is 11.4. The Kier molecular flexibility index (Phi) is 3.28. The SMILES string of the molecule is O=C(OCCc1ccncc1)n1ccnc1. The lowest BCUT2D eigenvalue weighted by Crippen LogP contribution is -2.13. The highest BCUT2D eigenvalue weighted by Gasteiger charge is 2.03. The van der Waals surface area contributed by atoms with Crippen molar-refractivity contribution in [1.82, 2.24) is 14.5 Å². The van der Waals surface area contributed by atoms with Crippen LogP contribution in [0, 0.1) is 0 Å². The molecule has 0 N–H and O–H groups in total. The number of aromatic nitrogens is 3. The molecule has 0 atom stereocenters. The van der Waals surface area contributed by atoms with Crippen LogP contribution >= 0.6 is 0 Å². The number of hydrogen-bond acceptors (Lipinski definition) is 4. The average molecular weight is 217 g/mol. The van der Waals surface area contributed by atoms with Gasteiger partial charge in [-0.25, -0.2) is 14.3 Å². The molecule has 2 aromatic heterocycles. The van der Waals surface area contributed by atoms with E-state index in [1.807, 2.05) is 12.1 Å². The van der Waals surface area contributed by atoms with Crippen molar-refractivity contribution in [3.05, 3.63) is 48.8 Å². The van der Waals surface area contributed by atoms with E-state index in [1.54, 1.807) is 18.6 Å². The van der Waals surface area contributed by atoms with Gasteiger partial charge in [-0.2, -0.15) is 0 Å². The Morgan fingerprint density at radius 2 is 2.06 bits per heavy atom. The molecule has 0 bridgehead atoms. The van der Waals surface area contributed by atoms with Crippen molar-refractivity contribution in [3.63, 3.8) is 0 Å². The highest BCUT2D eigenvalue weighted by atomic mass is 16.5. The van der Waals surface area contributed by atoms with Gasteiger partial charge in [0.25, 0.3) is 0 Å². The van der Waals surface area contributed by atoms with Gasteiger partial charge in [0.2, 0.25) is 0 Å². The van der Waals surface area contributed by atoms with Crippen LogP contribution < -0.4 is 0 Å². The van der Waals surface area contributed by atoms with Gasteiger partial charge < -0.3 is 4.74 Å². The van der Waals surface area contributed by atoms with Crippen LogP contribution in [0.25, 0.3) is 0 Å². The molecule has 0 radical (unpaired) electrons. The van der Waals surface area contributed by atoms with Gasteiger partial charge in [0.1, 0.15) is 6.33 Å². The Balaban J connectivity index is 1.79. The summed E-state index contributed by atoms with van der Waals surface area (Å²) in [6.07, 6.45) is 8.20. The third-order valence-electron chi connectivity index (χ3n) is 2.08. The molecule has 0 fully saturated rings. The lowest BCUT2D eigenvalue weighted by atomic mass is 10.2. The standard InChI is InChI=1S/C11H11N3O2/c15-11(14-7-6-13-9-14)16-8-3-10-1-4-12-5-2-10/h1-2,4-7,9H,3,8H2. The van der Waals surface area contributed by atoms with Crippen molar-refractivity contribution in [1.29, 1.82) is 0 Å². The normalized spacial score (nSPS) is 10.0. The molecule has 0 saturated carbocycles. The van der Waals surface area contributed by atoms with Crippen molar-refractivity contribution in [2.75, 3.05) is 6.61 Å². The van der Waals surface area contributed by atoms with Gasteiger partial charge in [-0.3, -0.25) is 4.98 Å². The molecule has 0 unspecified atom stereocenters. The zero-order valence-corrected chi connectivity index (χ0v) is 8.61. The van der Waals surface area contributed by atoms with Gasteiger partial charge in [0, 0.05) is 31.2 Å². The first kappa shape index (κ1) is 10.4. The van der Waals surface area contributed by atoms with E-state index in [4.69, 9.17) is 4.74 Å². The number of rotatable bonds is 3. The smallest absolute Gasteiger partial charge is 0.419 e. The molecule has 2 aromatic rings. The molecule has 0 spiro atoms. The second-order valence-corrected chi connectivity index (χ2v) is 3.19. The van der Waals surface area contributed by atoms with Crippen molar-refractivity contribution in [2.24, 2.45) is 0 Å². The first-order valence-electron chi connectivity index (χ1n) is 4.90. The summed E-state index contributed by atoms with van der Waals surface area (Å²) >= 11 is 0. The van der Waals surface area contributed by atoms with Crippen LogP contribution in [0.3, 0.4) is 0 Å². The predicted molar refractivity (Wildman–Crippen MR) is 56.9 cm³/mol. The van der Waals surface area contributed by atoms with Crippen LogP contribution in [0.15, 0.2) is 43.2 Å². The van der Waals surface area contributed by atoms with E-state index in [9.17, 15) is 4.79 Å². The quantitative estimate of drug-likeness (QED) is 0.781. The number of pyridine rings is 1. The van der Waals surface area contributed by atoms with Gasteiger partial charge >= 0.3 is 6.09 Å². The molecule has 0 amide bonds. The fraction of sp³-hybridized carbons (Fsp3) is 0.182. The van der Waals surface area contributed by atoms with Gasteiger partial charge in [0.15, 0.2) is 0 Å². The molecule has 2 rings (SSSR count). The van der Waals surface area contributed by atoms with Crippen LogP contribution in [-0.2, 0) is 11.2 Å². The largest absolute Gasteiger partial charge is 0.449 e. The van der Waals surface area contributed by atoms with Crippen molar-refractivity contribution >= 4 is 6.09 Å². The van der Waals surface area contributed by atoms with Crippen LogP contribution in [0.2, 0.25) is 0 Å². The summed E-state index contributed by atoms with van der Waals surface area (Å²) in [5.74, 6) is 0. The molecule has 2 heterocycles. The molecule has 5 heteroatoms. The molecule has 0 saturated heterocycles. The highest BCUT2D eigenvalue weighted by Crippen LogP contribution is 1.98. The number of hydrogen-bond donors (Lipinski definition) is 0. The first-order valence-corrected chi connectivity index (χ1v) is 4.90. The summed E-state index contributed by atoms with van der Waals surface area (Å²) in [7, 11) is 0. The number of carbonyl (C=O) groups is 1. The molecule has 0 aliphatic carbocycles. The number of carbonyl (C=O) groups excluding carboxylic acids is 1. The third-order valence-corrected chi connectivity index (χ3v) is 2.08. The van der Waals surface area contributed by atoms with Crippen LogP contribution in [0.5, 0.6) is 0 Å². The minimum atomic E-state index is -0.411. The summed E-state index contributed by atoms with van der Waals surface area (Å²) in [4.78, 5) is 19.1. The van der Waals surface area contributed by atoms with Crippen molar-refractivity contribution in [2.45, 2.75) is 6.42 Å². The van der Waals surface area contributed by atoms with E-state index < -0.39 is 6.09 Å². The number of nitrogens with zero attached hydrogens (tertiary/aromatic N) is 3. The maximum Gasteiger partial charge on any atom is 0.419 e. The minimum Gasteiger partial charge on any atom is -0.449 e. The molecule has 82 valence electrons. The van der Waals surface area contributed by atoms with E-state index in [2.05, 4.69) is 9.97 Å². The Bertz CT molecular complexity index is 440. The topological polar surface area (TPSA) is 57.0 Å². The Morgan fingerprint density at radius 1 is 1.25 bits per heavy atom. The van der Waals surface area contributed by atoms with Crippen molar-refractivity contribution < 1.29 is 9.53 Å². The minimum absolute atomic E-state index is 0.348. The van der Waals surface area contributed by atoms with Crippen LogP contribution in [0.4, 0.5) is 4.79 Å². The fourth-order valence-corrected chi connectivity index (χ4v) is 1.25. The summed E-state index contributed by atoms with van der Waals surface area (Å²) in [5, 5.41) is 0. The molecule has 16 heavy (non-hydrogen) atoms. The summed E-state index contributed by atoms with van der Waals surface area (Å²) in [5.41, 5.74) is 1.09. The van der Waals surface area contributed by atoms with E-state index >= 15 is 0 Å². The molecular formula is C11H11N3O2. The Labute approximate surface area is 92.7 Å². The molecule has 0 aliphatic rings. The summed E-state index contributed by atoms with van der Waals surface area (Å²) in [6, 6.07) is 3.79. The van der Waals surface area contributed by atoms with Gasteiger partial charge in [-0.05, 0) is 17.7 Å². The van der Waals surface area contributed by atoms with Gasteiger partial charge in [-0.15, -0.1) is 0 Å².